The van der Waals surface area contributed by atoms with Crippen molar-refractivity contribution in [1.29, 1.82) is 0 Å². The first-order valence-electron chi connectivity index (χ1n) is 15.3. The van der Waals surface area contributed by atoms with Gasteiger partial charge in [0.15, 0.2) is 0 Å². The first-order valence-corrected chi connectivity index (χ1v) is 15.3. The summed E-state index contributed by atoms with van der Waals surface area (Å²) in [5.41, 5.74) is 0. The molecule has 0 amide bonds. The highest BCUT2D eigenvalue weighted by molar-refractivity contribution is 4.89. The van der Waals surface area contributed by atoms with E-state index in [1.54, 1.807) is 0 Å². The summed E-state index contributed by atoms with van der Waals surface area (Å²) in [6.45, 7) is 4.51. The second-order valence-corrected chi connectivity index (χ2v) is 11.2. The quantitative estimate of drug-likeness (QED) is 0.163. The molecule has 0 aromatic heterocycles. The van der Waals surface area contributed by atoms with E-state index in [1.807, 2.05) is 0 Å². The Labute approximate surface area is 211 Å². The van der Waals surface area contributed by atoms with Gasteiger partial charge in [0.25, 0.3) is 0 Å². The fourth-order valence-electron chi connectivity index (χ4n) is 5.84. The Kier molecular flexibility index (Phi) is 16.8. The van der Waals surface area contributed by atoms with Crippen molar-refractivity contribution >= 4 is 0 Å². The summed E-state index contributed by atoms with van der Waals surface area (Å²) in [5.74, 6) is 0. The lowest BCUT2D eigenvalue weighted by molar-refractivity contribution is -0.110. The van der Waals surface area contributed by atoms with Crippen LogP contribution in [0, 0.1) is 0 Å². The van der Waals surface area contributed by atoms with E-state index >= 15 is 0 Å². The lowest BCUT2D eigenvalue weighted by Gasteiger charge is -2.24. The lowest BCUT2D eigenvalue weighted by atomic mass is 10.0. The minimum absolute atomic E-state index is 0.0279. The topological polar surface area (TPSA) is 58.9 Å². The van der Waals surface area contributed by atoms with Crippen LogP contribution in [0.1, 0.15) is 155 Å². The predicted molar refractivity (Wildman–Crippen MR) is 142 cm³/mol. The molecule has 34 heavy (non-hydrogen) atoms. The van der Waals surface area contributed by atoms with Crippen LogP contribution in [0.25, 0.3) is 0 Å². The fourth-order valence-corrected chi connectivity index (χ4v) is 5.84. The third-order valence-electron chi connectivity index (χ3n) is 8.15. The number of aliphatic hydroxyl groups is 2. The van der Waals surface area contributed by atoms with E-state index in [1.165, 1.54) is 89.9 Å². The van der Waals surface area contributed by atoms with E-state index in [0.717, 1.165) is 51.4 Å². The molecule has 2 N–H and O–H groups in total. The van der Waals surface area contributed by atoms with E-state index in [2.05, 4.69) is 13.8 Å². The van der Waals surface area contributed by atoms with Crippen molar-refractivity contribution in [3.05, 3.63) is 0 Å². The molecule has 0 unspecified atom stereocenters. The molecule has 6 atom stereocenters. The Balaban J connectivity index is 1.50. The summed E-state index contributed by atoms with van der Waals surface area (Å²) in [7, 11) is 0. The molecule has 0 aromatic rings. The van der Waals surface area contributed by atoms with Gasteiger partial charge < -0.3 is 19.7 Å². The number of ether oxygens (including phenoxy) is 2. The molecule has 0 aliphatic carbocycles. The molecule has 0 spiro atoms. The average molecular weight is 483 g/mol. The highest BCUT2D eigenvalue weighted by Gasteiger charge is 2.40. The van der Waals surface area contributed by atoms with Crippen LogP contribution < -0.4 is 0 Å². The van der Waals surface area contributed by atoms with E-state index < -0.39 is 0 Å². The largest absolute Gasteiger partial charge is 0.390 e. The summed E-state index contributed by atoms with van der Waals surface area (Å²) < 4.78 is 12.5. The first kappa shape index (κ1) is 30.1. The van der Waals surface area contributed by atoms with Crippen molar-refractivity contribution in [3.63, 3.8) is 0 Å². The lowest BCUT2D eigenvalue weighted by Crippen LogP contribution is -2.33. The van der Waals surface area contributed by atoms with Gasteiger partial charge in [-0.3, -0.25) is 0 Å². The van der Waals surface area contributed by atoms with Crippen molar-refractivity contribution in [2.24, 2.45) is 0 Å². The molecule has 0 radical (unpaired) electrons. The van der Waals surface area contributed by atoms with Gasteiger partial charge in [-0.2, -0.15) is 0 Å². The number of unbranched alkanes of at least 4 members (excludes halogenated alkanes) is 14. The van der Waals surface area contributed by atoms with E-state index in [4.69, 9.17) is 9.47 Å². The van der Waals surface area contributed by atoms with Gasteiger partial charge in [-0.15, -0.1) is 0 Å². The van der Waals surface area contributed by atoms with E-state index in [9.17, 15) is 10.2 Å². The molecule has 4 heteroatoms. The maximum Gasteiger partial charge on any atom is 0.0842 e. The van der Waals surface area contributed by atoms with Gasteiger partial charge in [0.1, 0.15) is 0 Å². The molecular formula is C30H58O4. The minimum Gasteiger partial charge on any atom is -0.390 e. The minimum atomic E-state index is -0.338. The van der Waals surface area contributed by atoms with Crippen LogP contribution >= 0.6 is 0 Å². The maximum absolute atomic E-state index is 10.6. The Morgan fingerprint density at radius 3 is 1.18 bits per heavy atom. The van der Waals surface area contributed by atoms with Gasteiger partial charge in [0.2, 0.25) is 0 Å². The Bertz CT molecular complexity index is 471. The van der Waals surface area contributed by atoms with E-state index in [0.29, 0.717) is 0 Å². The Morgan fingerprint density at radius 2 is 0.824 bits per heavy atom. The van der Waals surface area contributed by atoms with Gasteiger partial charge in [0, 0.05) is 0 Å². The highest BCUT2D eigenvalue weighted by Crippen LogP contribution is 2.34. The molecule has 0 aromatic carbocycles. The summed E-state index contributed by atoms with van der Waals surface area (Å²) in [4.78, 5) is 0. The zero-order valence-electron chi connectivity index (χ0n) is 22.7. The monoisotopic (exact) mass is 482 g/mol. The van der Waals surface area contributed by atoms with Crippen LogP contribution in [0.4, 0.5) is 0 Å². The third kappa shape index (κ3) is 12.2. The summed E-state index contributed by atoms with van der Waals surface area (Å²) in [5, 5.41) is 21.2. The molecule has 0 saturated carbocycles. The number of hydrogen-bond acceptors (Lipinski definition) is 4. The van der Waals surface area contributed by atoms with Crippen LogP contribution in [0.3, 0.4) is 0 Å². The second-order valence-electron chi connectivity index (χ2n) is 11.2. The van der Waals surface area contributed by atoms with Crippen LogP contribution in [0.15, 0.2) is 0 Å². The average Bonchev–Trinajstić information content (AvgIpc) is 3.52. The predicted octanol–water partition coefficient (Wildman–Crippen LogP) is 7.87. The molecule has 2 heterocycles. The molecule has 4 nitrogen and oxygen atoms in total. The number of aliphatic hydroxyl groups excluding tert-OH is 2. The highest BCUT2D eigenvalue weighted by atomic mass is 16.6. The van der Waals surface area contributed by atoms with Crippen molar-refractivity contribution in [2.45, 2.75) is 192 Å². The van der Waals surface area contributed by atoms with E-state index in [-0.39, 0.29) is 36.6 Å². The normalized spacial score (nSPS) is 26.8. The third-order valence-corrected chi connectivity index (χ3v) is 8.15. The van der Waals surface area contributed by atoms with Gasteiger partial charge in [-0.1, -0.05) is 117 Å². The molecule has 2 aliphatic rings. The molecule has 2 saturated heterocycles. The van der Waals surface area contributed by atoms with Gasteiger partial charge in [-0.25, -0.2) is 0 Å². The molecule has 2 aliphatic heterocycles. The van der Waals surface area contributed by atoms with Crippen LogP contribution in [0.2, 0.25) is 0 Å². The van der Waals surface area contributed by atoms with Crippen LogP contribution in [0.5, 0.6) is 0 Å². The van der Waals surface area contributed by atoms with Crippen molar-refractivity contribution in [2.75, 3.05) is 0 Å². The number of hydrogen-bond donors (Lipinski definition) is 2. The van der Waals surface area contributed by atoms with Crippen molar-refractivity contribution in [1.82, 2.24) is 0 Å². The molecule has 2 rings (SSSR count). The molecular weight excluding hydrogens is 424 g/mol. The zero-order valence-corrected chi connectivity index (χ0v) is 22.7. The van der Waals surface area contributed by atoms with Crippen LogP contribution in [-0.2, 0) is 9.47 Å². The summed E-state index contributed by atoms with van der Waals surface area (Å²) >= 11 is 0. The summed E-state index contributed by atoms with van der Waals surface area (Å²) in [6.07, 6.45) is 25.8. The molecule has 2 fully saturated rings. The Morgan fingerprint density at radius 1 is 0.500 bits per heavy atom. The van der Waals surface area contributed by atoms with Crippen molar-refractivity contribution < 1.29 is 19.7 Å². The summed E-state index contributed by atoms with van der Waals surface area (Å²) in [6, 6.07) is 0. The second kappa shape index (κ2) is 19.0. The number of rotatable bonds is 21. The first-order chi connectivity index (χ1) is 16.7. The van der Waals surface area contributed by atoms with Gasteiger partial charge in [-0.05, 0) is 38.5 Å². The molecule has 202 valence electrons. The van der Waals surface area contributed by atoms with Crippen molar-refractivity contribution in [3.8, 4) is 0 Å². The Hall–Kier alpha value is -0.160. The standard InChI is InChI=1S/C30H58O4/c1-3-5-7-9-11-12-13-14-16-18-20-26(32)28-22-24-30(34-28)29-23-21-27(33-29)25(31)19-17-15-10-8-6-4-2/h25-32H,3-24H2,1-2H3/t25-,26-,27-,28-,29-,30-/m1/s1. The fraction of sp³-hybridized carbons (Fsp3) is 1.00. The van der Waals surface area contributed by atoms with Gasteiger partial charge in [0.05, 0.1) is 36.6 Å². The van der Waals surface area contributed by atoms with Crippen LogP contribution in [-0.4, -0.2) is 46.8 Å². The maximum atomic E-state index is 10.6. The van der Waals surface area contributed by atoms with Gasteiger partial charge >= 0.3 is 0 Å². The zero-order chi connectivity index (χ0) is 24.4. The molecule has 0 bridgehead atoms. The SMILES string of the molecule is CCCCCCCCCCCC[C@@H](O)[C@H]1CC[C@H]([C@H]2CC[C@H]([C@H](O)CCCCCCCC)O2)O1. The smallest absolute Gasteiger partial charge is 0.0842 e.